The molecular formula is C28H28F4N2O4S. The predicted molar refractivity (Wildman–Crippen MR) is 139 cm³/mol. The van der Waals surface area contributed by atoms with Crippen LogP contribution in [0.25, 0.3) is 21.0 Å². The van der Waals surface area contributed by atoms with Crippen LogP contribution in [0, 0.1) is 11.7 Å². The van der Waals surface area contributed by atoms with Crippen LogP contribution in [0.3, 0.4) is 0 Å². The number of aromatic nitrogens is 1. The quantitative estimate of drug-likeness (QED) is 0.276. The molecule has 5 rings (SSSR count). The molecule has 2 aliphatic rings. The number of halogens is 4. The molecule has 1 aliphatic carbocycles. The van der Waals surface area contributed by atoms with Gasteiger partial charge in [0, 0.05) is 30.5 Å². The number of carbonyl (C=O) groups is 2. The molecule has 208 valence electrons. The molecule has 0 unspecified atom stereocenters. The van der Waals surface area contributed by atoms with E-state index in [0.717, 1.165) is 65.5 Å². The van der Waals surface area contributed by atoms with E-state index in [2.05, 4.69) is 29.6 Å². The van der Waals surface area contributed by atoms with Gasteiger partial charge in [0.2, 0.25) is 0 Å². The van der Waals surface area contributed by atoms with E-state index in [0.29, 0.717) is 5.92 Å². The van der Waals surface area contributed by atoms with Gasteiger partial charge in [-0.1, -0.05) is 37.1 Å². The number of nitrogens with zero attached hydrogens (tertiary/aromatic N) is 1. The predicted octanol–water partition coefficient (Wildman–Crippen LogP) is 6.38. The topological polar surface area (TPSA) is 88.5 Å². The fraction of sp³-hybridized carbons (Fsp3) is 0.393. The van der Waals surface area contributed by atoms with Gasteiger partial charge in [0.1, 0.15) is 10.8 Å². The number of nitrogens with one attached hydrogen (secondary N) is 1. The average Bonchev–Trinajstić information content (AvgIpc) is 3.33. The first kappa shape index (κ1) is 28.7. The number of carbonyl (C=O) groups excluding carboxylic acids is 1. The van der Waals surface area contributed by atoms with Crippen LogP contribution in [-0.4, -0.2) is 48.4 Å². The van der Waals surface area contributed by atoms with Crippen LogP contribution in [-0.2, 0) is 14.3 Å². The molecule has 3 aromatic rings. The van der Waals surface area contributed by atoms with E-state index in [4.69, 9.17) is 19.6 Å². The van der Waals surface area contributed by atoms with Crippen LogP contribution in [0.5, 0.6) is 0 Å². The molecule has 11 heteroatoms. The molecule has 1 saturated heterocycles. The number of hydrogen-bond donors (Lipinski definition) is 2. The Morgan fingerprint density at radius 1 is 1.00 bits per heavy atom. The summed E-state index contributed by atoms with van der Waals surface area (Å²) in [7, 11) is 1.47. The molecule has 1 aromatic heterocycles. The maximum atomic E-state index is 13.5. The lowest BCUT2D eigenvalue weighted by molar-refractivity contribution is -0.192. The average molecular weight is 565 g/mol. The zero-order chi connectivity index (χ0) is 28.2. The third-order valence-corrected chi connectivity index (χ3v) is 8.20. The van der Waals surface area contributed by atoms with Crippen molar-refractivity contribution in [2.45, 2.75) is 43.7 Å². The fourth-order valence-corrected chi connectivity index (χ4v) is 5.98. The van der Waals surface area contributed by atoms with Gasteiger partial charge in [-0.2, -0.15) is 13.2 Å². The van der Waals surface area contributed by atoms with E-state index in [9.17, 15) is 22.4 Å². The van der Waals surface area contributed by atoms with Gasteiger partial charge in [-0.05, 0) is 48.2 Å². The van der Waals surface area contributed by atoms with E-state index in [1.54, 1.807) is 23.5 Å². The second-order valence-electron chi connectivity index (χ2n) is 9.54. The lowest BCUT2D eigenvalue weighted by Crippen LogP contribution is -2.39. The summed E-state index contributed by atoms with van der Waals surface area (Å²) in [5.74, 6) is -2.72. The zero-order valence-electron chi connectivity index (χ0n) is 21.1. The molecule has 1 saturated carbocycles. The number of ether oxygens (including phenoxy) is 1. The molecule has 6 nitrogen and oxygen atoms in total. The summed E-state index contributed by atoms with van der Waals surface area (Å²) >= 11 is 1.62. The second kappa shape index (κ2) is 12.3. The number of benzene rings is 2. The van der Waals surface area contributed by atoms with E-state index in [-0.39, 0.29) is 23.6 Å². The number of carboxylic acids is 1. The highest BCUT2D eigenvalue weighted by atomic mass is 32.1. The van der Waals surface area contributed by atoms with E-state index in [1.807, 2.05) is 0 Å². The molecule has 39 heavy (non-hydrogen) atoms. The minimum Gasteiger partial charge on any atom is -0.475 e. The van der Waals surface area contributed by atoms with Crippen molar-refractivity contribution in [3.05, 3.63) is 65.6 Å². The Morgan fingerprint density at radius 3 is 2.13 bits per heavy atom. The molecule has 2 heterocycles. The number of aliphatic carboxylic acids is 1. The molecule has 2 N–H and O–H groups in total. The van der Waals surface area contributed by atoms with Crippen LogP contribution in [0.1, 0.15) is 48.8 Å². The van der Waals surface area contributed by atoms with Gasteiger partial charge in [0.15, 0.2) is 0 Å². The van der Waals surface area contributed by atoms with Crippen molar-refractivity contribution < 1.29 is 37.0 Å². The van der Waals surface area contributed by atoms with Crippen LogP contribution in [0.4, 0.5) is 17.6 Å². The van der Waals surface area contributed by atoms with Crippen molar-refractivity contribution >= 4 is 23.3 Å². The number of hydrogen-bond acceptors (Lipinski definition) is 6. The molecule has 0 amide bonds. The fourth-order valence-electron chi connectivity index (χ4n) is 4.83. The summed E-state index contributed by atoms with van der Waals surface area (Å²) in [6.07, 6.45) is -1.22. The van der Waals surface area contributed by atoms with Crippen molar-refractivity contribution in [2.24, 2.45) is 5.92 Å². The maximum Gasteiger partial charge on any atom is 0.490 e. The molecule has 2 fully saturated rings. The second-order valence-corrected chi connectivity index (χ2v) is 10.5. The number of thiazole rings is 1. The molecular weight excluding hydrogens is 536 g/mol. The number of carboxylic acid groups (broad SMARTS) is 1. The Morgan fingerprint density at radius 2 is 1.59 bits per heavy atom. The summed E-state index contributed by atoms with van der Waals surface area (Å²) in [5, 5.41) is 11.3. The van der Waals surface area contributed by atoms with Crippen LogP contribution in [0.15, 0.2) is 48.5 Å². The van der Waals surface area contributed by atoms with Gasteiger partial charge in [-0.25, -0.2) is 14.2 Å². The molecule has 2 aromatic carbocycles. The summed E-state index contributed by atoms with van der Waals surface area (Å²) in [6.45, 7) is 2.06. The lowest BCUT2D eigenvalue weighted by Gasteiger charge is -2.29. The van der Waals surface area contributed by atoms with Gasteiger partial charge in [-0.3, -0.25) is 4.79 Å². The normalized spacial score (nSPS) is 19.4. The van der Waals surface area contributed by atoms with Crippen LogP contribution < -0.4 is 5.32 Å². The number of methoxy groups -OCH3 is 1. The standard InChI is InChI=1S/C26H27FN2O2S.C2HF3O2/c1-31-26(30)22-5-3-2-4-21(22)23-24(17-8-6-16(7-9-17)19-14-28-15-19)32-25(29-23)18-10-12-20(27)13-11-18;3-2(4,5)1(6)7/h6-13,19,21-22,28H,2-5,14-15H2,1H3;(H,6,7)/t21-,22-;/m1./s1. The Kier molecular flexibility index (Phi) is 9.01. The monoisotopic (exact) mass is 564 g/mol. The third kappa shape index (κ3) is 6.83. The molecule has 0 radical (unpaired) electrons. The van der Waals surface area contributed by atoms with Gasteiger partial charge >= 0.3 is 18.1 Å². The summed E-state index contributed by atoms with van der Waals surface area (Å²) < 4.78 is 50.4. The van der Waals surface area contributed by atoms with Gasteiger partial charge in [-0.15, -0.1) is 11.3 Å². The number of alkyl halides is 3. The van der Waals surface area contributed by atoms with Crippen molar-refractivity contribution in [3.63, 3.8) is 0 Å². The van der Waals surface area contributed by atoms with Gasteiger partial charge in [0.25, 0.3) is 0 Å². The molecule has 1 aliphatic heterocycles. The Labute approximate surface area is 227 Å². The van der Waals surface area contributed by atoms with Crippen LogP contribution >= 0.6 is 11.3 Å². The largest absolute Gasteiger partial charge is 0.490 e. The first-order chi connectivity index (χ1) is 18.6. The highest BCUT2D eigenvalue weighted by Gasteiger charge is 2.38. The van der Waals surface area contributed by atoms with E-state index in [1.165, 1.54) is 24.8 Å². The van der Waals surface area contributed by atoms with Crippen molar-refractivity contribution in [3.8, 4) is 21.0 Å². The van der Waals surface area contributed by atoms with Gasteiger partial charge < -0.3 is 15.2 Å². The zero-order valence-corrected chi connectivity index (χ0v) is 21.9. The molecule has 0 spiro atoms. The van der Waals surface area contributed by atoms with E-state index < -0.39 is 12.1 Å². The first-order valence-corrected chi connectivity index (χ1v) is 13.4. The molecule has 2 atom stereocenters. The number of esters is 1. The van der Waals surface area contributed by atoms with Crippen molar-refractivity contribution in [1.82, 2.24) is 10.3 Å². The summed E-state index contributed by atoms with van der Waals surface area (Å²) in [5.41, 5.74) is 4.34. The summed E-state index contributed by atoms with van der Waals surface area (Å²) in [6, 6.07) is 15.2. The smallest absolute Gasteiger partial charge is 0.475 e. The Balaban J connectivity index is 0.000000448. The Hall–Kier alpha value is -3.31. The van der Waals surface area contributed by atoms with Gasteiger partial charge in [0.05, 0.1) is 23.6 Å². The minimum absolute atomic E-state index is 0.0344. The summed E-state index contributed by atoms with van der Waals surface area (Å²) in [4.78, 5) is 27.6. The SMILES string of the molecule is COC(=O)[C@@H]1CCCC[C@H]1c1nc(-c2ccc(F)cc2)sc1-c1ccc(C2CNC2)cc1.O=C(O)C(F)(F)F. The minimum atomic E-state index is -5.08. The highest BCUT2D eigenvalue weighted by molar-refractivity contribution is 7.18. The highest BCUT2D eigenvalue weighted by Crippen LogP contribution is 2.46. The third-order valence-electron chi connectivity index (χ3n) is 7.03. The lowest BCUT2D eigenvalue weighted by atomic mass is 9.76. The van der Waals surface area contributed by atoms with E-state index >= 15 is 0 Å². The first-order valence-electron chi connectivity index (χ1n) is 12.5. The molecule has 0 bridgehead atoms. The Bertz CT molecular complexity index is 1290. The maximum absolute atomic E-state index is 13.5. The number of rotatable bonds is 5. The van der Waals surface area contributed by atoms with Crippen molar-refractivity contribution in [2.75, 3.05) is 20.2 Å². The van der Waals surface area contributed by atoms with Crippen LogP contribution in [0.2, 0.25) is 0 Å². The van der Waals surface area contributed by atoms with Crippen molar-refractivity contribution in [1.29, 1.82) is 0 Å².